The molecule has 0 radical (unpaired) electrons. The van der Waals surface area contributed by atoms with E-state index < -0.39 is 16.1 Å². The minimum absolute atomic E-state index is 0. The number of amides is 1. The lowest BCUT2D eigenvalue weighted by atomic mass is 9.87. The van der Waals surface area contributed by atoms with E-state index in [1.165, 1.54) is 4.31 Å². The third-order valence-electron chi connectivity index (χ3n) is 3.74. The molecule has 0 aliphatic carbocycles. The molecule has 0 aromatic heterocycles. The van der Waals surface area contributed by atoms with E-state index in [0.717, 1.165) is 0 Å². The van der Waals surface area contributed by atoms with Crippen LogP contribution in [0.25, 0.3) is 0 Å². The zero-order valence-electron chi connectivity index (χ0n) is 13.6. The van der Waals surface area contributed by atoms with Crippen molar-refractivity contribution in [3.05, 3.63) is 24.3 Å². The van der Waals surface area contributed by atoms with Gasteiger partial charge in [-0.3, -0.25) is 9.10 Å². The average Bonchev–Trinajstić information content (AvgIpc) is 2.77. The molecule has 1 aromatic carbocycles. The van der Waals surface area contributed by atoms with E-state index in [-0.39, 0.29) is 29.5 Å². The number of halogens is 1. The SMILES string of the molecule is CC(C)(C)[C@H](N)C(=O)Nc1ccc(N2CCCS2(=O)=O)cc1.Cl. The summed E-state index contributed by atoms with van der Waals surface area (Å²) in [5.74, 6) is -0.0691. The molecule has 1 atom stereocenters. The zero-order valence-corrected chi connectivity index (χ0v) is 15.2. The molecule has 3 N–H and O–H groups in total. The third-order valence-corrected chi connectivity index (χ3v) is 5.61. The first-order valence-corrected chi connectivity index (χ1v) is 8.89. The highest BCUT2D eigenvalue weighted by molar-refractivity contribution is 7.93. The summed E-state index contributed by atoms with van der Waals surface area (Å²) >= 11 is 0. The quantitative estimate of drug-likeness (QED) is 0.860. The Hall–Kier alpha value is -1.31. The second-order valence-corrected chi connectivity index (χ2v) is 8.63. The highest BCUT2D eigenvalue weighted by Gasteiger charge is 2.29. The van der Waals surface area contributed by atoms with E-state index in [1.54, 1.807) is 24.3 Å². The van der Waals surface area contributed by atoms with Gasteiger partial charge in [-0.25, -0.2) is 8.42 Å². The van der Waals surface area contributed by atoms with Gasteiger partial charge in [0.2, 0.25) is 15.9 Å². The normalized spacial score (nSPS) is 18.2. The van der Waals surface area contributed by atoms with Gasteiger partial charge in [-0.1, -0.05) is 20.8 Å². The van der Waals surface area contributed by atoms with Crippen LogP contribution in [0.15, 0.2) is 24.3 Å². The molecule has 0 saturated carbocycles. The average molecular weight is 362 g/mol. The van der Waals surface area contributed by atoms with Crippen LogP contribution < -0.4 is 15.4 Å². The largest absolute Gasteiger partial charge is 0.325 e. The number of rotatable bonds is 3. The molecule has 0 unspecified atom stereocenters. The van der Waals surface area contributed by atoms with Crippen molar-refractivity contribution in [1.29, 1.82) is 0 Å². The van der Waals surface area contributed by atoms with Gasteiger partial charge in [0.25, 0.3) is 0 Å². The number of nitrogens with one attached hydrogen (secondary N) is 1. The van der Waals surface area contributed by atoms with Crippen molar-refractivity contribution >= 4 is 39.7 Å². The van der Waals surface area contributed by atoms with Crippen LogP contribution in [0.3, 0.4) is 0 Å². The van der Waals surface area contributed by atoms with Crippen LogP contribution in [0.4, 0.5) is 11.4 Å². The summed E-state index contributed by atoms with van der Waals surface area (Å²) < 4.78 is 25.1. The Morgan fingerprint density at radius 1 is 1.26 bits per heavy atom. The van der Waals surface area contributed by atoms with Crippen LogP contribution in [-0.4, -0.2) is 32.7 Å². The van der Waals surface area contributed by atoms with Gasteiger partial charge in [-0.15, -0.1) is 12.4 Å². The molecule has 6 nitrogen and oxygen atoms in total. The van der Waals surface area contributed by atoms with Gasteiger partial charge < -0.3 is 11.1 Å². The minimum atomic E-state index is -3.18. The van der Waals surface area contributed by atoms with Crippen LogP contribution in [0, 0.1) is 5.41 Å². The Bertz CT molecular complexity index is 654. The van der Waals surface area contributed by atoms with Gasteiger partial charge in [-0.05, 0) is 36.1 Å². The molecule has 1 aromatic rings. The molecule has 1 amide bonds. The number of sulfonamides is 1. The Morgan fingerprint density at radius 2 is 1.83 bits per heavy atom. The predicted molar refractivity (Wildman–Crippen MR) is 95.5 cm³/mol. The summed E-state index contributed by atoms with van der Waals surface area (Å²) in [6.45, 7) is 6.21. The van der Waals surface area contributed by atoms with Crippen LogP contribution in [0.2, 0.25) is 0 Å². The lowest BCUT2D eigenvalue weighted by Gasteiger charge is -2.26. The number of anilines is 2. The summed E-state index contributed by atoms with van der Waals surface area (Å²) in [5, 5.41) is 2.75. The number of hydrogen-bond donors (Lipinski definition) is 2. The van der Waals surface area contributed by atoms with Gasteiger partial charge >= 0.3 is 0 Å². The van der Waals surface area contributed by atoms with Gasteiger partial charge in [-0.2, -0.15) is 0 Å². The van der Waals surface area contributed by atoms with Crippen molar-refractivity contribution in [2.45, 2.75) is 33.2 Å². The number of nitrogens with zero attached hydrogens (tertiary/aromatic N) is 1. The summed E-state index contributed by atoms with van der Waals surface area (Å²) in [7, 11) is -3.18. The van der Waals surface area contributed by atoms with Crippen molar-refractivity contribution in [1.82, 2.24) is 0 Å². The smallest absolute Gasteiger partial charge is 0.241 e. The summed E-state index contributed by atoms with van der Waals surface area (Å²) in [6, 6.07) is 6.15. The van der Waals surface area contributed by atoms with Gasteiger partial charge in [0, 0.05) is 12.2 Å². The highest BCUT2D eigenvalue weighted by atomic mass is 35.5. The molecule has 1 aliphatic heterocycles. The van der Waals surface area contributed by atoms with Gasteiger partial charge in [0.15, 0.2) is 0 Å². The second kappa shape index (κ2) is 7.07. The molecular formula is C15H24ClN3O3S. The molecule has 0 spiro atoms. The maximum absolute atomic E-state index is 12.1. The maximum atomic E-state index is 12.1. The first kappa shape index (κ1) is 19.7. The third kappa shape index (κ3) is 4.59. The topological polar surface area (TPSA) is 92.5 Å². The van der Waals surface area contributed by atoms with E-state index in [0.29, 0.717) is 24.3 Å². The van der Waals surface area contributed by atoms with Crippen LogP contribution >= 0.6 is 12.4 Å². The van der Waals surface area contributed by atoms with Gasteiger partial charge in [0.1, 0.15) is 0 Å². The van der Waals surface area contributed by atoms with Gasteiger partial charge in [0.05, 0.1) is 17.5 Å². The number of nitrogens with two attached hydrogens (primary N) is 1. The first-order valence-electron chi connectivity index (χ1n) is 7.28. The molecule has 8 heteroatoms. The van der Waals surface area contributed by atoms with Crippen LogP contribution in [-0.2, 0) is 14.8 Å². The van der Waals surface area contributed by atoms with Crippen molar-refractivity contribution in [2.75, 3.05) is 21.9 Å². The molecule has 2 rings (SSSR count). The van der Waals surface area contributed by atoms with E-state index in [4.69, 9.17) is 5.73 Å². The summed E-state index contributed by atoms with van der Waals surface area (Å²) in [5.41, 5.74) is 6.80. The predicted octanol–water partition coefficient (Wildman–Crippen LogP) is 1.96. The monoisotopic (exact) mass is 361 g/mol. The Kier molecular flexibility index (Phi) is 6.06. The molecular weight excluding hydrogens is 338 g/mol. The molecule has 23 heavy (non-hydrogen) atoms. The van der Waals surface area contributed by atoms with E-state index in [1.807, 2.05) is 20.8 Å². The lowest BCUT2D eigenvalue weighted by Crippen LogP contribution is -2.45. The van der Waals surface area contributed by atoms with Crippen LogP contribution in [0.1, 0.15) is 27.2 Å². The molecule has 1 aliphatic rings. The molecule has 1 saturated heterocycles. The zero-order chi connectivity index (χ0) is 16.5. The standard InChI is InChI=1S/C15H23N3O3S.ClH/c1-15(2,3)13(16)14(19)17-11-5-7-12(8-6-11)18-9-4-10-22(18,20)21;/h5-8,13H,4,9-10,16H2,1-3H3,(H,17,19);1H/t13-;/m1./s1. The number of carbonyl (C=O) groups excluding carboxylic acids is 1. The second-order valence-electron chi connectivity index (χ2n) is 6.62. The molecule has 1 heterocycles. The molecule has 0 bridgehead atoms. The molecule has 1 fully saturated rings. The number of hydrogen-bond acceptors (Lipinski definition) is 4. The Morgan fingerprint density at radius 3 is 2.26 bits per heavy atom. The van der Waals surface area contributed by atoms with Crippen molar-refractivity contribution in [2.24, 2.45) is 11.1 Å². The Labute approximate surface area is 143 Å². The number of benzene rings is 1. The van der Waals surface area contributed by atoms with Crippen molar-refractivity contribution in [3.63, 3.8) is 0 Å². The van der Waals surface area contributed by atoms with Crippen LogP contribution in [0.5, 0.6) is 0 Å². The maximum Gasteiger partial charge on any atom is 0.241 e. The molecule has 130 valence electrons. The summed E-state index contributed by atoms with van der Waals surface area (Å²) in [4.78, 5) is 12.1. The summed E-state index contributed by atoms with van der Waals surface area (Å²) in [6.07, 6.45) is 0.640. The van der Waals surface area contributed by atoms with E-state index in [9.17, 15) is 13.2 Å². The first-order chi connectivity index (χ1) is 10.1. The van der Waals surface area contributed by atoms with Crippen molar-refractivity contribution < 1.29 is 13.2 Å². The minimum Gasteiger partial charge on any atom is -0.325 e. The lowest BCUT2D eigenvalue weighted by molar-refractivity contribution is -0.119. The number of carbonyl (C=O) groups is 1. The Balaban J connectivity index is 0.00000264. The fourth-order valence-electron chi connectivity index (χ4n) is 2.25. The fraction of sp³-hybridized carbons (Fsp3) is 0.533. The fourth-order valence-corrected chi connectivity index (χ4v) is 3.82. The van der Waals surface area contributed by atoms with Crippen molar-refractivity contribution in [3.8, 4) is 0 Å². The highest BCUT2D eigenvalue weighted by Crippen LogP contribution is 2.25. The van der Waals surface area contributed by atoms with E-state index >= 15 is 0 Å². The van der Waals surface area contributed by atoms with E-state index in [2.05, 4.69) is 5.32 Å².